The lowest BCUT2D eigenvalue weighted by molar-refractivity contribution is 0.0688. The maximum atomic E-state index is 5.49. The maximum absolute atomic E-state index is 5.49. The zero-order valence-corrected chi connectivity index (χ0v) is 10.7. The van der Waals surface area contributed by atoms with Crippen LogP contribution in [0.4, 0.5) is 0 Å². The van der Waals surface area contributed by atoms with E-state index in [4.69, 9.17) is 4.74 Å². The second-order valence-electron chi connectivity index (χ2n) is 5.63. The standard InChI is InChI=1S/C13H26N2O/c1-11(2)9-15(13-3-4-13)7-5-12-10-16-8-6-14-12/h11-14H,3-10H2,1-2H3. The molecular weight excluding hydrogens is 200 g/mol. The summed E-state index contributed by atoms with van der Waals surface area (Å²) in [5, 5.41) is 3.54. The molecule has 0 bridgehead atoms. The highest BCUT2D eigenvalue weighted by Crippen LogP contribution is 2.27. The average molecular weight is 226 g/mol. The van der Waals surface area contributed by atoms with Crippen molar-refractivity contribution in [2.75, 3.05) is 32.8 Å². The van der Waals surface area contributed by atoms with Crippen LogP contribution in [0.2, 0.25) is 0 Å². The fraction of sp³-hybridized carbons (Fsp3) is 1.00. The van der Waals surface area contributed by atoms with Crippen molar-refractivity contribution in [1.82, 2.24) is 10.2 Å². The van der Waals surface area contributed by atoms with Crippen molar-refractivity contribution in [2.24, 2.45) is 5.92 Å². The first-order chi connectivity index (χ1) is 7.75. The Bertz CT molecular complexity index is 198. The molecule has 2 aliphatic rings. The number of nitrogens with one attached hydrogen (secondary N) is 1. The van der Waals surface area contributed by atoms with Crippen LogP contribution in [0.3, 0.4) is 0 Å². The molecule has 1 saturated carbocycles. The lowest BCUT2D eigenvalue weighted by atomic mass is 10.1. The van der Waals surface area contributed by atoms with E-state index in [2.05, 4.69) is 24.1 Å². The van der Waals surface area contributed by atoms with E-state index < -0.39 is 0 Å². The van der Waals surface area contributed by atoms with Gasteiger partial charge in [-0.15, -0.1) is 0 Å². The number of rotatable bonds is 6. The number of hydrogen-bond acceptors (Lipinski definition) is 3. The topological polar surface area (TPSA) is 24.5 Å². The van der Waals surface area contributed by atoms with Crippen molar-refractivity contribution in [3.63, 3.8) is 0 Å². The molecule has 1 atom stereocenters. The molecule has 3 nitrogen and oxygen atoms in total. The lowest BCUT2D eigenvalue weighted by Crippen LogP contribution is -2.44. The summed E-state index contributed by atoms with van der Waals surface area (Å²) in [5.41, 5.74) is 0. The van der Waals surface area contributed by atoms with Crippen LogP contribution in [0.1, 0.15) is 33.1 Å². The molecule has 1 aliphatic carbocycles. The summed E-state index contributed by atoms with van der Waals surface area (Å²) < 4.78 is 5.49. The molecule has 16 heavy (non-hydrogen) atoms. The number of nitrogens with zero attached hydrogens (tertiary/aromatic N) is 1. The summed E-state index contributed by atoms with van der Waals surface area (Å²) in [6, 6.07) is 1.48. The average Bonchev–Trinajstić information content (AvgIpc) is 3.09. The summed E-state index contributed by atoms with van der Waals surface area (Å²) >= 11 is 0. The van der Waals surface area contributed by atoms with Gasteiger partial charge in [-0.25, -0.2) is 0 Å². The van der Waals surface area contributed by atoms with Crippen LogP contribution in [-0.4, -0.2) is 49.8 Å². The maximum Gasteiger partial charge on any atom is 0.0620 e. The second-order valence-corrected chi connectivity index (χ2v) is 5.63. The van der Waals surface area contributed by atoms with Crippen LogP contribution < -0.4 is 5.32 Å². The van der Waals surface area contributed by atoms with Crippen molar-refractivity contribution in [2.45, 2.75) is 45.2 Å². The Hall–Kier alpha value is -0.120. The van der Waals surface area contributed by atoms with Crippen LogP contribution in [0, 0.1) is 5.92 Å². The summed E-state index contributed by atoms with van der Waals surface area (Å²) in [4.78, 5) is 2.68. The van der Waals surface area contributed by atoms with E-state index in [-0.39, 0.29) is 0 Å². The van der Waals surface area contributed by atoms with Gasteiger partial charge in [-0.2, -0.15) is 0 Å². The first kappa shape index (κ1) is 12.3. The molecule has 1 unspecified atom stereocenters. The number of ether oxygens (including phenoxy) is 1. The lowest BCUT2D eigenvalue weighted by Gasteiger charge is -2.28. The summed E-state index contributed by atoms with van der Waals surface area (Å²) in [5.74, 6) is 0.788. The van der Waals surface area contributed by atoms with Gasteiger partial charge in [-0.1, -0.05) is 13.8 Å². The number of hydrogen-bond donors (Lipinski definition) is 1. The van der Waals surface area contributed by atoms with Gasteiger partial charge < -0.3 is 15.0 Å². The highest BCUT2D eigenvalue weighted by atomic mass is 16.5. The van der Waals surface area contributed by atoms with Gasteiger partial charge in [0.05, 0.1) is 13.2 Å². The summed E-state index contributed by atoms with van der Waals surface area (Å²) in [7, 11) is 0. The number of morpholine rings is 1. The normalized spacial score (nSPS) is 26.6. The predicted octanol–water partition coefficient (Wildman–Crippen LogP) is 1.49. The molecule has 2 rings (SSSR count). The molecule has 1 N–H and O–H groups in total. The zero-order valence-electron chi connectivity index (χ0n) is 10.7. The third kappa shape index (κ3) is 4.04. The monoisotopic (exact) mass is 226 g/mol. The van der Waals surface area contributed by atoms with Gasteiger partial charge in [0, 0.05) is 31.7 Å². The van der Waals surface area contributed by atoms with Crippen LogP contribution >= 0.6 is 0 Å². The SMILES string of the molecule is CC(C)CN(CCC1COCCN1)C1CC1. The van der Waals surface area contributed by atoms with E-state index in [0.717, 1.165) is 31.7 Å². The zero-order chi connectivity index (χ0) is 11.4. The molecule has 1 saturated heterocycles. The smallest absolute Gasteiger partial charge is 0.0620 e. The first-order valence-electron chi connectivity index (χ1n) is 6.81. The van der Waals surface area contributed by atoms with Crippen molar-refractivity contribution >= 4 is 0 Å². The highest BCUT2D eigenvalue weighted by Gasteiger charge is 2.29. The first-order valence-corrected chi connectivity index (χ1v) is 6.81. The fourth-order valence-corrected chi connectivity index (χ4v) is 2.46. The van der Waals surface area contributed by atoms with Crippen molar-refractivity contribution in [1.29, 1.82) is 0 Å². The highest BCUT2D eigenvalue weighted by molar-refractivity contribution is 4.86. The van der Waals surface area contributed by atoms with E-state index >= 15 is 0 Å². The molecule has 1 heterocycles. The van der Waals surface area contributed by atoms with Gasteiger partial charge in [0.2, 0.25) is 0 Å². The Balaban J connectivity index is 1.68. The van der Waals surface area contributed by atoms with E-state index in [1.165, 1.54) is 32.4 Å². The summed E-state index contributed by atoms with van der Waals surface area (Å²) in [6.07, 6.45) is 4.08. The molecular formula is C13H26N2O. The van der Waals surface area contributed by atoms with Gasteiger partial charge in [0.1, 0.15) is 0 Å². The van der Waals surface area contributed by atoms with Gasteiger partial charge >= 0.3 is 0 Å². The Kier molecular flexibility index (Phi) is 4.62. The molecule has 0 amide bonds. The Morgan fingerprint density at radius 2 is 2.19 bits per heavy atom. The van der Waals surface area contributed by atoms with Crippen LogP contribution in [0.15, 0.2) is 0 Å². The molecule has 3 heteroatoms. The minimum atomic E-state index is 0.585. The molecule has 0 aromatic rings. The molecule has 0 aromatic carbocycles. The fourth-order valence-electron chi connectivity index (χ4n) is 2.46. The molecule has 0 spiro atoms. The Morgan fingerprint density at radius 3 is 2.75 bits per heavy atom. The quantitative estimate of drug-likeness (QED) is 0.742. The van der Waals surface area contributed by atoms with Crippen molar-refractivity contribution < 1.29 is 4.74 Å². The largest absolute Gasteiger partial charge is 0.379 e. The van der Waals surface area contributed by atoms with Gasteiger partial charge in [-0.3, -0.25) is 0 Å². The van der Waals surface area contributed by atoms with Gasteiger partial charge in [0.15, 0.2) is 0 Å². The molecule has 1 aliphatic heterocycles. The summed E-state index contributed by atoms with van der Waals surface area (Å²) in [6.45, 7) is 9.95. The predicted molar refractivity (Wildman–Crippen MR) is 66.7 cm³/mol. The second kappa shape index (κ2) is 5.99. The van der Waals surface area contributed by atoms with Gasteiger partial charge in [0.25, 0.3) is 0 Å². The molecule has 94 valence electrons. The van der Waals surface area contributed by atoms with Crippen LogP contribution in [-0.2, 0) is 4.74 Å². The molecule has 0 aromatic heterocycles. The van der Waals surface area contributed by atoms with E-state index in [0.29, 0.717) is 6.04 Å². The minimum absolute atomic E-state index is 0.585. The molecule has 0 radical (unpaired) electrons. The van der Waals surface area contributed by atoms with Crippen molar-refractivity contribution in [3.8, 4) is 0 Å². The van der Waals surface area contributed by atoms with E-state index in [1.807, 2.05) is 0 Å². The van der Waals surface area contributed by atoms with Gasteiger partial charge in [-0.05, 0) is 25.2 Å². The van der Waals surface area contributed by atoms with Crippen LogP contribution in [0.25, 0.3) is 0 Å². The van der Waals surface area contributed by atoms with E-state index in [9.17, 15) is 0 Å². The van der Waals surface area contributed by atoms with Crippen molar-refractivity contribution in [3.05, 3.63) is 0 Å². The van der Waals surface area contributed by atoms with Crippen LogP contribution in [0.5, 0.6) is 0 Å². The minimum Gasteiger partial charge on any atom is -0.379 e. The third-order valence-electron chi connectivity index (χ3n) is 3.43. The molecule has 2 fully saturated rings. The Labute approximate surface area is 99.5 Å². The Morgan fingerprint density at radius 1 is 1.38 bits per heavy atom. The third-order valence-corrected chi connectivity index (χ3v) is 3.43. The van der Waals surface area contributed by atoms with E-state index in [1.54, 1.807) is 0 Å².